The van der Waals surface area contributed by atoms with Gasteiger partial charge in [-0.3, -0.25) is 4.21 Å². The van der Waals surface area contributed by atoms with Crippen molar-refractivity contribution < 1.29 is 14.1 Å². The maximum Gasteiger partial charge on any atom is 0.336 e. The van der Waals surface area contributed by atoms with Crippen molar-refractivity contribution in [2.24, 2.45) is 0 Å². The van der Waals surface area contributed by atoms with E-state index in [1.54, 1.807) is 6.07 Å². The van der Waals surface area contributed by atoms with Crippen LogP contribution < -0.4 is 30.4 Å². The Balaban J connectivity index is 1.74. The second-order valence-electron chi connectivity index (χ2n) is 11.6. The maximum absolute atomic E-state index is 13.0. The number of benzene rings is 3. The smallest absolute Gasteiger partial charge is 0.336 e. The fourth-order valence-corrected chi connectivity index (χ4v) is 13.4. The Morgan fingerprint density at radius 3 is 2.62 bits per heavy atom. The van der Waals surface area contributed by atoms with Gasteiger partial charge in [-0.05, 0) is 81.0 Å². The molecule has 0 radical (unpaired) electrons. The molecule has 3 aliphatic heterocycles. The minimum absolute atomic E-state index is 0.342. The molecule has 0 saturated carbocycles. The number of carboxylic acids is 1. The quantitative estimate of drug-likeness (QED) is 0.357. The van der Waals surface area contributed by atoms with Crippen LogP contribution in [0.2, 0.25) is 12.6 Å². The molecule has 3 aromatic carbocycles. The van der Waals surface area contributed by atoms with Crippen molar-refractivity contribution in [3.63, 3.8) is 0 Å². The number of rotatable bonds is 7. The third-order valence-corrected chi connectivity index (χ3v) is 15.4. The number of aromatic carboxylic acids is 1. The lowest BCUT2D eigenvalue weighted by atomic mass is 9.89. The van der Waals surface area contributed by atoms with E-state index in [2.05, 4.69) is 61.3 Å². The molecular formula is C32H37N2O3SSi+. The van der Waals surface area contributed by atoms with Crippen molar-refractivity contribution >= 4 is 46.5 Å². The Labute approximate surface area is 234 Å². The van der Waals surface area contributed by atoms with Crippen molar-refractivity contribution in [3.05, 3.63) is 86.9 Å². The van der Waals surface area contributed by atoms with Gasteiger partial charge in [0.05, 0.1) is 5.56 Å². The second-order valence-corrected chi connectivity index (χ2v) is 17.5. The molecule has 5 nitrogen and oxygen atoms in total. The molecular weight excluding hydrogens is 521 g/mol. The molecule has 0 saturated heterocycles. The molecule has 0 fully saturated rings. The molecule has 39 heavy (non-hydrogen) atoms. The predicted octanol–water partition coefficient (Wildman–Crippen LogP) is 1.97. The molecule has 3 aliphatic rings. The van der Waals surface area contributed by atoms with E-state index in [1.165, 1.54) is 43.3 Å². The molecule has 0 spiro atoms. The molecule has 202 valence electrons. The summed E-state index contributed by atoms with van der Waals surface area (Å²) in [5.41, 5.74) is 7.31. The van der Waals surface area contributed by atoms with E-state index >= 15 is 0 Å². The summed E-state index contributed by atoms with van der Waals surface area (Å²) in [5, 5.41) is 15.4. The monoisotopic (exact) mass is 557 g/mol. The van der Waals surface area contributed by atoms with Crippen LogP contribution in [0.15, 0.2) is 48.5 Å². The lowest BCUT2D eigenvalue weighted by molar-refractivity contribution is 0.0696. The summed E-state index contributed by atoms with van der Waals surface area (Å²) in [5.74, 6) is 0.549. The standard InChI is InChI=1S/C32H36N2O3SSi/c1-5-14-38(37)15-16-39(4)29-19-27-21(10-12-33(27)2)17-25(29)31(23-8-6-7-9-24(23)32(35)36)26-18-22-11-13-34(3)28(22)20-30(26)39/h6-9,17-20H,5,10-16H2,1-4H3/p+1. The van der Waals surface area contributed by atoms with E-state index in [-0.39, 0.29) is 0 Å². The minimum atomic E-state index is -2.35. The lowest BCUT2D eigenvalue weighted by Gasteiger charge is -2.37. The Hall–Kier alpha value is -3.03. The fourth-order valence-electron chi connectivity index (χ4n) is 6.91. The van der Waals surface area contributed by atoms with E-state index in [0.29, 0.717) is 11.3 Å². The topological polar surface area (TPSA) is 60.6 Å². The first-order valence-corrected chi connectivity index (χ1v) is 18.2. The molecule has 1 N–H and O–H groups in total. The molecule has 6 rings (SSSR count). The molecule has 3 heterocycles. The van der Waals surface area contributed by atoms with Gasteiger partial charge in [-0.2, -0.15) is 0 Å². The van der Waals surface area contributed by atoms with Crippen molar-refractivity contribution in [2.75, 3.05) is 43.6 Å². The van der Waals surface area contributed by atoms with Gasteiger partial charge in [0, 0.05) is 59.6 Å². The third-order valence-electron chi connectivity index (χ3n) is 9.11. The van der Waals surface area contributed by atoms with Gasteiger partial charge < -0.3 is 10.0 Å². The van der Waals surface area contributed by atoms with Gasteiger partial charge >= 0.3 is 5.97 Å². The van der Waals surface area contributed by atoms with Gasteiger partial charge in [-0.1, -0.05) is 31.7 Å². The van der Waals surface area contributed by atoms with Gasteiger partial charge in [-0.15, -0.1) is 0 Å². The fraction of sp³-hybridized carbons (Fsp3) is 0.375. The molecule has 0 amide bonds. The van der Waals surface area contributed by atoms with E-state index < -0.39 is 24.8 Å². The van der Waals surface area contributed by atoms with Gasteiger partial charge in [-0.25, -0.2) is 9.37 Å². The lowest BCUT2D eigenvalue weighted by Crippen LogP contribution is -2.66. The highest BCUT2D eigenvalue weighted by Crippen LogP contribution is 2.35. The van der Waals surface area contributed by atoms with Crippen molar-refractivity contribution in [1.29, 1.82) is 0 Å². The molecule has 0 aliphatic carbocycles. The van der Waals surface area contributed by atoms with Crippen LogP contribution in [0.4, 0.5) is 5.69 Å². The summed E-state index contributed by atoms with van der Waals surface area (Å²) in [4.78, 5) is 14.8. The van der Waals surface area contributed by atoms with Crippen LogP contribution in [0.3, 0.4) is 0 Å². The predicted molar refractivity (Wildman–Crippen MR) is 164 cm³/mol. The molecule has 2 atom stereocenters. The van der Waals surface area contributed by atoms with E-state index in [1.807, 2.05) is 18.2 Å². The van der Waals surface area contributed by atoms with Crippen LogP contribution in [0.1, 0.15) is 46.0 Å². The zero-order valence-electron chi connectivity index (χ0n) is 23.3. The highest BCUT2D eigenvalue weighted by atomic mass is 32.2. The second kappa shape index (κ2) is 9.86. The summed E-state index contributed by atoms with van der Waals surface area (Å²) in [6, 6.07) is 17.9. The summed E-state index contributed by atoms with van der Waals surface area (Å²) in [7, 11) is 1.14. The Bertz CT molecular complexity index is 1680. The average Bonchev–Trinajstić information content (AvgIpc) is 3.48. The first-order chi connectivity index (χ1) is 18.7. The maximum atomic E-state index is 13.0. The zero-order chi connectivity index (χ0) is 27.5. The van der Waals surface area contributed by atoms with Crippen molar-refractivity contribution in [1.82, 2.24) is 4.58 Å². The molecule has 7 heteroatoms. The third kappa shape index (κ3) is 4.21. The number of fused-ring (bicyclic) bond motifs is 4. The number of carbonyl (C=O) groups is 1. The van der Waals surface area contributed by atoms with Crippen LogP contribution in [0.5, 0.6) is 0 Å². The summed E-state index contributed by atoms with van der Waals surface area (Å²) >= 11 is 0. The number of hydrogen-bond acceptors (Lipinski definition) is 3. The largest absolute Gasteiger partial charge is 0.478 e. The van der Waals surface area contributed by atoms with Gasteiger partial charge in [0.25, 0.3) is 0 Å². The first-order valence-electron chi connectivity index (χ1n) is 14.1. The molecule has 0 aromatic heterocycles. The Kier molecular flexibility index (Phi) is 6.62. The van der Waals surface area contributed by atoms with E-state index in [0.717, 1.165) is 55.3 Å². The van der Waals surface area contributed by atoms with Gasteiger partial charge in [0.1, 0.15) is 21.7 Å². The van der Waals surface area contributed by atoms with Crippen LogP contribution in [-0.2, 0) is 23.6 Å². The normalized spacial score (nSPS) is 19.9. The van der Waals surface area contributed by atoms with Crippen LogP contribution >= 0.6 is 0 Å². The number of hydrogen-bond donors (Lipinski definition) is 1. The van der Waals surface area contributed by atoms with Crippen molar-refractivity contribution in [2.45, 2.75) is 38.8 Å². The number of carboxylic acid groups (broad SMARTS) is 1. The Morgan fingerprint density at radius 2 is 1.85 bits per heavy atom. The van der Waals surface area contributed by atoms with Crippen molar-refractivity contribution in [3.8, 4) is 0 Å². The van der Waals surface area contributed by atoms with Gasteiger partial charge in [0.15, 0.2) is 0 Å². The van der Waals surface area contributed by atoms with E-state index in [9.17, 15) is 14.1 Å². The highest BCUT2D eigenvalue weighted by molar-refractivity contribution is 7.85. The number of likely N-dealkylation sites (N-methyl/N-ethyl adjacent to an activating group) is 2. The highest BCUT2D eigenvalue weighted by Gasteiger charge is 2.42. The summed E-state index contributed by atoms with van der Waals surface area (Å²) < 4.78 is 15.3. The Morgan fingerprint density at radius 1 is 1.05 bits per heavy atom. The zero-order valence-corrected chi connectivity index (χ0v) is 25.2. The summed E-state index contributed by atoms with van der Waals surface area (Å²) in [6.45, 7) is 6.53. The number of nitrogens with zero attached hydrogens (tertiary/aromatic N) is 2. The first kappa shape index (κ1) is 26.2. The molecule has 2 unspecified atom stereocenters. The van der Waals surface area contributed by atoms with Crippen LogP contribution in [-0.4, -0.2) is 62.0 Å². The SMILES string of the molecule is CCCS(=O)CC[Si]1(C)c2cc3c(cc2C(c2ccccc2C(=O)O)=c2cc4c(cc21)=[N+](C)CC4)CCN3C. The number of anilines is 1. The average molecular weight is 558 g/mol. The van der Waals surface area contributed by atoms with Crippen LogP contribution in [0, 0.1) is 0 Å². The molecule has 3 aromatic rings. The molecule has 0 bridgehead atoms. The minimum Gasteiger partial charge on any atom is -0.478 e. The summed E-state index contributed by atoms with van der Waals surface area (Å²) in [6.07, 6.45) is 2.92. The van der Waals surface area contributed by atoms with E-state index in [4.69, 9.17) is 0 Å². The van der Waals surface area contributed by atoms with Crippen LogP contribution in [0.25, 0.3) is 5.57 Å². The van der Waals surface area contributed by atoms with Gasteiger partial charge in [0.2, 0.25) is 5.36 Å².